The number of amides is 1. The highest BCUT2D eigenvalue weighted by Crippen LogP contribution is 2.14. The normalized spacial score (nSPS) is 11.2. The van der Waals surface area contributed by atoms with Crippen LogP contribution in [0.15, 0.2) is 10.9 Å². The van der Waals surface area contributed by atoms with Crippen LogP contribution in [-0.2, 0) is 11.2 Å². The fraction of sp³-hybridized carbons (Fsp3) is 0.571. The minimum absolute atomic E-state index is 0.0544. The van der Waals surface area contributed by atoms with E-state index >= 15 is 0 Å². The summed E-state index contributed by atoms with van der Waals surface area (Å²) in [5.74, 6) is 0.274. The molecule has 0 aliphatic carbocycles. The summed E-state index contributed by atoms with van der Waals surface area (Å²) in [5.41, 5.74) is 0. The Morgan fingerprint density at radius 3 is 2.88 bits per heavy atom. The molecular weight excluding hydrogens is 231 g/mol. The molecule has 0 fully saturated rings. The van der Waals surface area contributed by atoms with Crippen LogP contribution in [0.1, 0.15) is 5.89 Å². The van der Waals surface area contributed by atoms with Gasteiger partial charge in [-0.25, -0.2) is 4.79 Å². The second-order valence-electron chi connectivity index (χ2n) is 2.70. The van der Waals surface area contributed by atoms with Crippen molar-refractivity contribution >= 4 is 6.09 Å². The van der Waals surface area contributed by atoms with Gasteiger partial charge in [-0.05, 0) is 0 Å². The maximum atomic E-state index is 11.6. The van der Waals surface area contributed by atoms with E-state index in [1.807, 2.05) is 0 Å². The van der Waals surface area contributed by atoms with Crippen molar-refractivity contribution in [2.45, 2.75) is 12.6 Å². The summed E-state index contributed by atoms with van der Waals surface area (Å²) in [7, 11) is 0. The Kier molecular flexibility index (Phi) is 4.09. The maximum absolute atomic E-state index is 11.6. The number of carbonyl (C=O) groups is 1. The lowest BCUT2D eigenvalue weighted by molar-refractivity contribution is -0.160. The first-order valence-corrected chi connectivity index (χ1v) is 4.20. The number of alkyl carbamates (subject to hydrolysis) is 1. The Bertz CT molecular complexity index is 325. The van der Waals surface area contributed by atoms with Crippen LogP contribution < -0.4 is 5.32 Å². The molecule has 0 saturated carbocycles. The maximum Gasteiger partial charge on any atom is 0.422 e. The predicted octanol–water partition coefficient (Wildman–Crippen LogP) is 0.901. The molecule has 1 amide bonds. The summed E-state index contributed by atoms with van der Waals surface area (Å²) in [6, 6.07) is 0. The first kappa shape index (κ1) is 12.3. The topological polar surface area (TPSA) is 77.3 Å². The molecule has 1 heterocycles. The average Bonchev–Trinajstić information content (AvgIpc) is 2.66. The first-order valence-electron chi connectivity index (χ1n) is 4.20. The van der Waals surface area contributed by atoms with Crippen LogP contribution in [0.25, 0.3) is 0 Å². The Labute approximate surface area is 87.8 Å². The second kappa shape index (κ2) is 5.33. The monoisotopic (exact) mass is 239 g/mol. The van der Waals surface area contributed by atoms with Gasteiger partial charge < -0.3 is 14.6 Å². The lowest BCUT2D eigenvalue weighted by atomic mass is 10.4. The van der Waals surface area contributed by atoms with Gasteiger partial charge in [-0.1, -0.05) is 5.16 Å². The molecule has 1 rings (SSSR count). The zero-order valence-electron chi connectivity index (χ0n) is 7.95. The number of aromatic nitrogens is 2. The molecule has 0 saturated heterocycles. The molecular formula is C7H8F3N3O3. The number of rotatable bonds is 4. The van der Waals surface area contributed by atoms with E-state index in [4.69, 9.17) is 0 Å². The summed E-state index contributed by atoms with van der Waals surface area (Å²) in [6.07, 6.45) is -4.26. The Morgan fingerprint density at radius 2 is 2.31 bits per heavy atom. The van der Waals surface area contributed by atoms with Crippen molar-refractivity contribution in [1.29, 1.82) is 0 Å². The fourth-order valence-electron chi connectivity index (χ4n) is 0.776. The summed E-state index contributed by atoms with van der Waals surface area (Å²) >= 11 is 0. The number of carbonyl (C=O) groups excluding carboxylic acids is 1. The zero-order chi connectivity index (χ0) is 12.0. The molecule has 1 aromatic heterocycles. The van der Waals surface area contributed by atoms with Gasteiger partial charge in [-0.15, -0.1) is 0 Å². The molecule has 0 spiro atoms. The minimum atomic E-state index is -4.52. The Morgan fingerprint density at radius 1 is 1.56 bits per heavy atom. The fourth-order valence-corrected chi connectivity index (χ4v) is 0.776. The van der Waals surface area contributed by atoms with Gasteiger partial charge >= 0.3 is 12.3 Å². The van der Waals surface area contributed by atoms with Crippen LogP contribution >= 0.6 is 0 Å². The Hall–Kier alpha value is -1.80. The van der Waals surface area contributed by atoms with Crippen LogP contribution in [0.4, 0.5) is 18.0 Å². The number of hydrogen-bond donors (Lipinski definition) is 1. The quantitative estimate of drug-likeness (QED) is 0.844. The van der Waals surface area contributed by atoms with Gasteiger partial charge in [-0.2, -0.15) is 18.2 Å². The van der Waals surface area contributed by atoms with Crippen molar-refractivity contribution < 1.29 is 27.2 Å². The smallest absolute Gasteiger partial charge is 0.422 e. The van der Waals surface area contributed by atoms with Gasteiger partial charge in [0, 0.05) is 13.0 Å². The van der Waals surface area contributed by atoms with Crippen LogP contribution in [0.3, 0.4) is 0 Å². The molecule has 16 heavy (non-hydrogen) atoms. The third-order valence-corrected chi connectivity index (χ3v) is 1.38. The molecule has 0 bridgehead atoms. The van der Waals surface area contributed by atoms with E-state index < -0.39 is 18.9 Å². The summed E-state index contributed by atoms with van der Waals surface area (Å²) in [5, 5.41) is 5.41. The molecule has 1 N–H and O–H groups in total. The van der Waals surface area contributed by atoms with Crippen molar-refractivity contribution in [2.24, 2.45) is 0 Å². The van der Waals surface area contributed by atoms with E-state index in [0.29, 0.717) is 0 Å². The third kappa shape index (κ3) is 5.17. The number of nitrogens with one attached hydrogen (secondary N) is 1. The zero-order valence-corrected chi connectivity index (χ0v) is 7.95. The van der Waals surface area contributed by atoms with E-state index in [9.17, 15) is 18.0 Å². The van der Waals surface area contributed by atoms with Gasteiger partial charge in [0.25, 0.3) is 0 Å². The molecule has 1 aromatic rings. The molecule has 9 heteroatoms. The highest BCUT2D eigenvalue weighted by molar-refractivity contribution is 5.67. The second-order valence-corrected chi connectivity index (χ2v) is 2.70. The number of halogens is 3. The van der Waals surface area contributed by atoms with E-state index in [0.717, 1.165) is 0 Å². The lowest BCUT2D eigenvalue weighted by Gasteiger charge is -2.08. The molecule has 0 unspecified atom stereocenters. The van der Waals surface area contributed by atoms with Gasteiger partial charge in [0.2, 0.25) is 5.89 Å². The van der Waals surface area contributed by atoms with Gasteiger partial charge in [0.1, 0.15) is 0 Å². The SMILES string of the molecule is O=C(NCCc1ncno1)OCC(F)(F)F. The van der Waals surface area contributed by atoms with Crippen molar-refractivity contribution in [3.8, 4) is 0 Å². The van der Waals surface area contributed by atoms with Crippen LogP contribution in [0.5, 0.6) is 0 Å². The van der Waals surface area contributed by atoms with Gasteiger partial charge in [0.15, 0.2) is 12.9 Å². The predicted molar refractivity (Wildman–Crippen MR) is 43.4 cm³/mol. The number of nitrogens with zero attached hydrogens (tertiary/aromatic N) is 2. The summed E-state index contributed by atoms with van der Waals surface area (Å²) in [6.45, 7) is -1.56. The summed E-state index contributed by atoms with van der Waals surface area (Å²) in [4.78, 5) is 14.4. The number of ether oxygens (including phenoxy) is 1. The highest BCUT2D eigenvalue weighted by atomic mass is 19.4. The number of hydrogen-bond acceptors (Lipinski definition) is 5. The van der Waals surface area contributed by atoms with E-state index in [1.54, 1.807) is 0 Å². The molecule has 0 aliphatic rings. The lowest BCUT2D eigenvalue weighted by Crippen LogP contribution is -2.30. The van der Waals surface area contributed by atoms with Crippen LogP contribution in [-0.4, -0.2) is 35.6 Å². The van der Waals surface area contributed by atoms with Gasteiger partial charge in [-0.3, -0.25) is 0 Å². The first-order chi connectivity index (χ1) is 7.47. The molecule has 0 aliphatic heterocycles. The van der Waals surface area contributed by atoms with E-state index in [-0.39, 0.29) is 18.9 Å². The molecule has 0 aromatic carbocycles. The van der Waals surface area contributed by atoms with Crippen molar-refractivity contribution in [1.82, 2.24) is 15.5 Å². The van der Waals surface area contributed by atoms with Crippen LogP contribution in [0, 0.1) is 0 Å². The summed E-state index contributed by atoms with van der Waals surface area (Å²) < 4.78 is 43.4. The largest absolute Gasteiger partial charge is 0.440 e. The van der Waals surface area contributed by atoms with Gasteiger partial charge in [0.05, 0.1) is 0 Å². The Balaban J connectivity index is 2.11. The molecule has 0 atom stereocenters. The average molecular weight is 239 g/mol. The highest BCUT2D eigenvalue weighted by Gasteiger charge is 2.29. The minimum Gasteiger partial charge on any atom is -0.440 e. The standard InChI is InChI=1S/C7H8F3N3O3/c8-7(9,10)3-15-6(14)11-2-1-5-12-4-13-16-5/h4H,1-3H2,(H,11,14). The van der Waals surface area contributed by atoms with E-state index in [1.165, 1.54) is 6.33 Å². The molecule has 90 valence electrons. The third-order valence-electron chi connectivity index (χ3n) is 1.38. The molecule has 6 nitrogen and oxygen atoms in total. The van der Waals surface area contributed by atoms with E-state index in [2.05, 4.69) is 24.7 Å². The number of alkyl halides is 3. The van der Waals surface area contributed by atoms with Crippen molar-refractivity contribution in [3.63, 3.8) is 0 Å². The van der Waals surface area contributed by atoms with Crippen LogP contribution in [0.2, 0.25) is 0 Å². The van der Waals surface area contributed by atoms with Crippen molar-refractivity contribution in [3.05, 3.63) is 12.2 Å². The molecule has 0 radical (unpaired) electrons. The van der Waals surface area contributed by atoms with Crippen molar-refractivity contribution in [2.75, 3.05) is 13.2 Å².